The molecule has 2 aliphatic rings. The summed E-state index contributed by atoms with van der Waals surface area (Å²) in [6.07, 6.45) is 3.50. The lowest BCUT2D eigenvalue weighted by atomic mass is 9.81. The summed E-state index contributed by atoms with van der Waals surface area (Å²) in [5, 5.41) is 11.9. The minimum Gasteiger partial charge on any atom is -0.343 e. The molecule has 2 saturated heterocycles. The average Bonchev–Trinajstić information content (AvgIpc) is 0.753. The van der Waals surface area contributed by atoms with Gasteiger partial charge in [-0.1, -0.05) is 127 Å². The lowest BCUT2D eigenvalue weighted by molar-refractivity contribution is -0.321. The molecule has 13 atom stereocenters. The van der Waals surface area contributed by atoms with E-state index in [2.05, 4.69) is 21.3 Å². The summed E-state index contributed by atoms with van der Waals surface area (Å²) in [4.78, 5) is 192. The number of sulfonamides is 1. The Kier molecular flexibility index (Phi) is 31.6. The van der Waals surface area contributed by atoms with Crippen LogP contribution >= 0.6 is 0 Å². The molecule has 1 aromatic rings. The van der Waals surface area contributed by atoms with Crippen LogP contribution in [0, 0.1) is 40.9 Å². The first kappa shape index (κ1) is 85.5. The van der Waals surface area contributed by atoms with Crippen molar-refractivity contribution in [1.29, 1.82) is 0 Å². The summed E-state index contributed by atoms with van der Waals surface area (Å²) in [6.45, 7) is 30.0. The highest BCUT2D eigenvalue weighted by Crippen LogP contribution is 2.34. The zero-order chi connectivity index (χ0) is 76.0. The van der Waals surface area contributed by atoms with Gasteiger partial charge < -0.3 is 55.6 Å². The van der Waals surface area contributed by atoms with Crippen molar-refractivity contribution < 1.29 is 70.8 Å². The van der Waals surface area contributed by atoms with Gasteiger partial charge in [0.15, 0.2) is 6.04 Å². The topological polar surface area (TPSA) is 334 Å². The maximum Gasteiger partial charge on any atom is 0.331 e. The summed E-state index contributed by atoms with van der Waals surface area (Å²) in [5.74, 6) is -10.5. The highest BCUT2D eigenvalue weighted by Gasteiger charge is 2.55. The number of carbonyl (C=O) groups excluding carboxylic acids is 12. The van der Waals surface area contributed by atoms with Gasteiger partial charge in [0.1, 0.15) is 66.5 Å². The molecule has 0 aliphatic carbocycles. The van der Waals surface area contributed by atoms with Crippen LogP contribution in [-0.2, 0) is 67.6 Å². The van der Waals surface area contributed by atoms with Crippen LogP contribution in [-0.4, -0.2) is 247 Å². The molecule has 2 fully saturated rings. The number of benzene rings is 1. The Balaban J connectivity index is 2.37. The van der Waals surface area contributed by atoms with Crippen LogP contribution in [0.5, 0.6) is 0 Å². The van der Waals surface area contributed by atoms with E-state index in [-0.39, 0.29) is 54.3 Å². The molecule has 5 N–H and O–H groups in total. The molecule has 2 aliphatic heterocycles. The van der Waals surface area contributed by atoms with Gasteiger partial charge in [-0.15, -0.1) is 0 Å². The molecule has 2 heterocycles. The van der Waals surface area contributed by atoms with E-state index in [4.69, 9.17) is 4.84 Å². The van der Waals surface area contributed by atoms with E-state index >= 15 is 33.6 Å². The second kappa shape index (κ2) is 36.6. The van der Waals surface area contributed by atoms with Crippen molar-refractivity contribution in [1.82, 2.24) is 65.4 Å². The number of allylic oxidation sites excluding steroid dienone is 2. The molecule has 0 aromatic heterocycles. The zero-order valence-corrected chi connectivity index (χ0v) is 64.1. The normalized spacial score (nSPS) is 26.5. The second-order valence-electron chi connectivity index (χ2n) is 29.6. The van der Waals surface area contributed by atoms with E-state index in [0.29, 0.717) is 6.42 Å². The Morgan fingerprint density at radius 2 is 1.08 bits per heavy atom. The van der Waals surface area contributed by atoms with Gasteiger partial charge in [0.05, 0.1) is 4.90 Å². The summed E-state index contributed by atoms with van der Waals surface area (Å²) < 4.78 is 28.8. The molecular formula is C70H117N13O15S. The molecule has 0 saturated carbocycles. The van der Waals surface area contributed by atoms with Crippen molar-refractivity contribution in [3.05, 3.63) is 42.5 Å². The largest absolute Gasteiger partial charge is 0.343 e. The lowest BCUT2D eigenvalue weighted by Crippen LogP contribution is -2.72. The maximum atomic E-state index is 15.4. The van der Waals surface area contributed by atoms with Crippen molar-refractivity contribution in [2.75, 3.05) is 55.9 Å². The number of amides is 13. The van der Waals surface area contributed by atoms with Gasteiger partial charge in [0.25, 0.3) is 15.9 Å². The van der Waals surface area contributed by atoms with Gasteiger partial charge in [0, 0.05) is 61.3 Å². The van der Waals surface area contributed by atoms with Gasteiger partial charge in [-0.2, -0.15) is 0 Å². The first-order valence-corrected chi connectivity index (χ1v) is 36.0. The van der Waals surface area contributed by atoms with Gasteiger partial charge in [-0.25, -0.2) is 23.0 Å². The van der Waals surface area contributed by atoms with Crippen molar-refractivity contribution in [3.8, 4) is 0 Å². The minimum absolute atomic E-state index is 0.0262. The predicted molar refractivity (Wildman–Crippen MR) is 375 cm³/mol. The average molecular weight is 1410 g/mol. The van der Waals surface area contributed by atoms with Crippen LogP contribution < -0.4 is 26.0 Å². The van der Waals surface area contributed by atoms with E-state index < -0.39 is 177 Å². The van der Waals surface area contributed by atoms with Crippen LogP contribution in [0.25, 0.3) is 0 Å². The highest BCUT2D eigenvalue weighted by molar-refractivity contribution is 7.90. The number of nitrogens with one attached hydrogen (secondary N) is 5. The second-order valence-corrected chi connectivity index (χ2v) is 31.3. The van der Waals surface area contributed by atoms with E-state index in [1.165, 1.54) is 109 Å². The standard InChI is InChI=1S/C70H117N13O15S/c1-26-28-32-44(13)56-55-60(86)73-49(27-2)64(90)77(20)47(16)63(89)82(25)57(70(17,18)38-76(19)69(95)75-99(96,97)48-33-30-29-31-34-48)61(87)74-53(42(9)10)67(93)78(21)50(35-39(3)4)59(85)71-45(14)58(84)72-46(15)62(88)79(22)51(36-40(5)6)65(91)80(23)52(37-41(7)8)66(92)81(24)54(43(11)12)68(94)83(55)98-56/h26,28-31,33-34,39-47,49-57H,27,32,35-38H2,1-25H3,(H,71,85)(H,72,84)(H,73,86)(H,74,87)(H,75,95)/b28-26+/t44-,45+,46-,47-,49+,50+,51+,52+,53+,54+,55+,56-,57-/m1/s1. The molecule has 0 unspecified atom stereocenters. The number of hydrogen-bond donors (Lipinski definition) is 5. The summed E-state index contributed by atoms with van der Waals surface area (Å²) in [5.41, 5.74) is -1.54. The number of hydroxylamine groups is 2. The predicted octanol–water partition coefficient (Wildman–Crippen LogP) is 3.99. The number of fused-ring (bicyclic) bond motifs is 1. The number of hydrogen-bond acceptors (Lipinski definition) is 15. The van der Waals surface area contributed by atoms with E-state index in [0.717, 1.165) is 24.7 Å². The van der Waals surface area contributed by atoms with Crippen LogP contribution in [0.4, 0.5) is 4.79 Å². The molecule has 0 spiro atoms. The van der Waals surface area contributed by atoms with Crippen LogP contribution in [0.3, 0.4) is 0 Å². The third kappa shape index (κ3) is 21.7. The van der Waals surface area contributed by atoms with E-state index in [1.54, 1.807) is 54.5 Å². The molecule has 0 bridgehead atoms. The fraction of sp³-hybridized carbons (Fsp3) is 0.714. The first-order valence-electron chi connectivity index (χ1n) is 34.5. The third-order valence-electron chi connectivity index (χ3n) is 18.7. The molecule has 13 amide bonds. The fourth-order valence-corrected chi connectivity index (χ4v) is 13.8. The van der Waals surface area contributed by atoms with Crippen LogP contribution in [0.1, 0.15) is 157 Å². The van der Waals surface area contributed by atoms with Crippen molar-refractivity contribution in [2.45, 2.75) is 234 Å². The highest BCUT2D eigenvalue weighted by atomic mass is 32.2. The Bertz CT molecular complexity index is 3180. The number of carbonyl (C=O) groups is 12. The van der Waals surface area contributed by atoms with Gasteiger partial charge >= 0.3 is 6.03 Å². The summed E-state index contributed by atoms with van der Waals surface area (Å²) >= 11 is 0. The number of nitrogens with zero attached hydrogens (tertiary/aromatic N) is 8. The molecule has 28 nitrogen and oxygen atoms in total. The third-order valence-corrected chi connectivity index (χ3v) is 20.0. The van der Waals surface area contributed by atoms with Gasteiger partial charge in [0.2, 0.25) is 59.1 Å². The smallest absolute Gasteiger partial charge is 0.331 e. The Labute approximate surface area is 588 Å². The molecule has 3 rings (SSSR count). The lowest BCUT2D eigenvalue weighted by Gasteiger charge is -2.50. The fourth-order valence-electron chi connectivity index (χ4n) is 12.7. The van der Waals surface area contributed by atoms with Crippen molar-refractivity contribution in [3.63, 3.8) is 0 Å². The molecule has 29 heteroatoms. The van der Waals surface area contributed by atoms with Crippen LogP contribution in [0.2, 0.25) is 0 Å². The van der Waals surface area contributed by atoms with Crippen molar-refractivity contribution >= 4 is 81.0 Å². The zero-order valence-electron chi connectivity index (χ0n) is 63.3. The molecule has 558 valence electrons. The number of rotatable bonds is 17. The SMILES string of the molecule is C/C=C/C[C@@H](C)[C@H]1ON2C(=O)[C@H](C(C)C)N(C)C(=O)[C@H](CC(C)C)N(C)C(=O)[C@H](CC(C)C)N(C)C(=O)[C@@H](C)NC(=O)[C@H](C)NC(=O)[C@H](CC(C)C)N(C)C(=O)[C@H](C(C)C)NC(=O)[C@H](C(C)(C)CN(C)C(=O)NS(=O)(=O)c3ccccc3)N(C)C(=O)[C@@H](C)N(C)C(=O)[C@H](CC)NC(=O)[C@H]12. The Morgan fingerprint density at radius 1 is 0.586 bits per heavy atom. The molecule has 0 radical (unpaired) electrons. The number of urea groups is 1. The van der Waals surface area contributed by atoms with E-state index in [9.17, 15) is 32.4 Å². The first-order chi connectivity index (χ1) is 45.7. The van der Waals surface area contributed by atoms with Gasteiger partial charge in [-0.3, -0.25) is 57.6 Å². The summed E-state index contributed by atoms with van der Waals surface area (Å²) in [6, 6.07) is -8.55. The number of likely N-dealkylation sites (N-methyl/N-ethyl adjacent to an activating group) is 6. The quantitative estimate of drug-likeness (QED) is 0.138. The maximum absolute atomic E-state index is 15.4. The Morgan fingerprint density at radius 3 is 1.58 bits per heavy atom. The van der Waals surface area contributed by atoms with Gasteiger partial charge in [-0.05, 0) is 107 Å². The minimum atomic E-state index is -4.41. The van der Waals surface area contributed by atoms with Crippen molar-refractivity contribution in [2.24, 2.45) is 40.9 Å². The van der Waals surface area contributed by atoms with E-state index in [1.807, 2.05) is 72.3 Å². The summed E-state index contributed by atoms with van der Waals surface area (Å²) in [7, 11) is 5.18. The molecular weight excluding hydrogens is 1290 g/mol. The monoisotopic (exact) mass is 1410 g/mol. The molecule has 1 aromatic carbocycles. The molecule has 99 heavy (non-hydrogen) atoms. The Hall–Kier alpha value is -7.69. The van der Waals surface area contributed by atoms with Crippen LogP contribution in [0.15, 0.2) is 47.4 Å².